The van der Waals surface area contributed by atoms with E-state index in [0.717, 1.165) is 31.7 Å². The predicted molar refractivity (Wildman–Crippen MR) is 105 cm³/mol. The van der Waals surface area contributed by atoms with E-state index in [-0.39, 0.29) is 12.1 Å². The number of piperidine rings is 1. The number of carbonyl (C=O) groups excluding carboxylic acids is 1. The van der Waals surface area contributed by atoms with Crippen LogP contribution in [0.1, 0.15) is 63.0 Å². The van der Waals surface area contributed by atoms with Crippen LogP contribution in [-0.4, -0.2) is 43.7 Å². The van der Waals surface area contributed by atoms with Crippen molar-refractivity contribution in [1.82, 2.24) is 15.5 Å². The Bertz CT molecular complexity index is 566. The molecule has 1 heterocycles. The number of nitrogens with one attached hydrogen (secondary N) is 2. The molecule has 1 aromatic rings. The summed E-state index contributed by atoms with van der Waals surface area (Å²) in [6.45, 7) is 2.81. The lowest BCUT2D eigenvalue weighted by Crippen LogP contribution is -2.46. The molecule has 0 spiro atoms. The second kappa shape index (κ2) is 9.81. The van der Waals surface area contributed by atoms with Crippen molar-refractivity contribution in [2.45, 2.75) is 63.5 Å². The highest BCUT2D eigenvalue weighted by Gasteiger charge is 2.24. The fourth-order valence-electron chi connectivity index (χ4n) is 4.21. The van der Waals surface area contributed by atoms with E-state index in [0.29, 0.717) is 12.6 Å². The van der Waals surface area contributed by atoms with Gasteiger partial charge in [-0.25, -0.2) is 4.79 Å². The van der Waals surface area contributed by atoms with Crippen LogP contribution in [0.5, 0.6) is 5.75 Å². The van der Waals surface area contributed by atoms with Gasteiger partial charge in [0.05, 0.1) is 13.2 Å². The van der Waals surface area contributed by atoms with Crippen LogP contribution >= 0.6 is 0 Å². The number of amides is 2. The molecule has 1 unspecified atom stereocenters. The maximum atomic E-state index is 12.4. The second-order valence-electron chi connectivity index (χ2n) is 7.58. The summed E-state index contributed by atoms with van der Waals surface area (Å²) in [5.41, 5.74) is 1.21. The maximum absolute atomic E-state index is 12.4. The second-order valence-corrected chi connectivity index (χ2v) is 7.58. The highest BCUT2D eigenvalue weighted by atomic mass is 16.5. The van der Waals surface area contributed by atoms with Gasteiger partial charge in [-0.15, -0.1) is 0 Å². The lowest BCUT2D eigenvalue weighted by atomic mass is 9.96. The molecule has 5 heteroatoms. The lowest BCUT2D eigenvalue weighted by Gasteiger charge is -2.35. The van der Waals surface area contributed by atoms with Crippen molar-refractivity contribution in [1.29, 1.82) is 0 Å². The fourth-order valence-corrected chi connectivity index (χ4v) is 4.21. The number of urea groups is 1. The highest BCUT2D eigenvalue weighted by Crippen LogP contribution is 2.26. The van der Waals surface area contributed by atoms with Crippen LogP contribution in [-0.2, 0) is 0 Å². The van der Waals surface area contributed by atoms with Gasteiger partial charge in [0.25, 0.3) is 0 Å². The Hall–Kier alpha value is -1.75. The summed E-state index contributed by atoms with van der Waals surface area (Å²) in [6, 6.07) is 8.76. The standard InChI is InChI=1S/C21H33N3O2/c1-26-19-12-8-9-17(15-19)20(24-13-6-3-7-14-24)16-22-21(25)23-18-10-4-2-5-11-18/h8-9,12,15,18,20H,2-7,10-11,13-14,16H2,1H3,(H2,22,23,25). The summed E-state index contributed by atoms with van der Waals surface area (Å²) in [6.07, 6.45) is 9.74. The van der Waals surface area contributed by atoms with E-state index in [4.69, 9.17) is 4.74 Å². The first-order valence-electron chi connectivity index (χ1n) is 10.2. The van der Waals surface area contributed by atoms with Crippen LogP contribution in [0.4, 0.5) is 4.79 Å². The van der Waals surface area contributed by atoms with E-state index in [1.807, 2.05) is 12.1 Å². The van der Waals surface area contributed by atoms with Gasteiger partial charge < -0.3 is 15.4 Å². The average Bonchev–Trinajstić information content (AvgIpc) is 2.70. The van der Waals surface area contributed by atoms with Crippen molar-refractivity contribution in [3.63, 3.8) is 0 Å². The van der Waals surface area contributed by atoms with E-state index in [1.165, 1.54) is 44.1 Å². The van der Waals surface area contributed by atoms with Crippen LogP contribution in [0.2, 0.25) is 0 Å². The third-order valence-corrected chi connectivity index (χ3v) is 5.71. The monoisotopic (exact) mass is 359 g/mol. The zero-order chi connectivity index (χ0) is 18.2. The number of rotatable bonds is 6. The SMILES string of the molecule is COc1cccc(C(CNC(=O)NC2CCCCC2)N2CCCCC2)c1. The van der Waals surface area contributed by atoms with E-state index >= 15 is 0 Å². The van der Waals surface area contributed by atoms with Crippen molar-refractivity contribution in [2.75, 3.05) is 26.7 Å². The molecule has 2 amide bonds. The van der Waals surface area contributed by atoms with E-state index in [2.05, 4.69) is 27.7 Å². The number of hydrogen-bond donors (Lipinski definition) is 2. The molecule has 2 fully saturated rings. The van der Waals surface area contributed by atoms with Crippen molar-refractivity contribution in [3.05, 3.63) is 29.8 Å². The van der Waals surface area contributed by atoms with Crippen LogP contribution < -0.4 is 15.4 Å². The first-order chi connectivity index (χ1) is 12.8. The molecule has 3 rings (SSSR count). The summed E-state index contributed by atoms with van der Waals surface area (Å²) in [5, 5.41) is 6.29. The zero-order valence-corrected chi connectivity index (χ0v) is 16.0. The molecule has 1 aliphatic heterocycles. The minimum absolute atomic E-state index is 0.0261. The molecule has 1 aromatic carbocycles. The van der Waals surface area contributed by atoms with Gasteiger partial charge in [0.15, 0.2) is 0 Å². The minimum Gasteiger partial charge on any atom is -0.497 e. The molecular weight excluding hydrogens is 326 g/mol. The molecule has 1 saturated heterocycles. The number of hydrogen-bond acceptors (Lipinski definition) is 3. The normalized spacial score (nSPS) is 20.3. The van der Waals surface area contributed by atoms with E-state index < -0.39 is 0 Å². The van der Waals surface area contributed by atoms with Gasteiger partial charge in [-0.1, -0.05) is 37.8 Å². The molecule has 2 aliphatic rings. The molecule has 144 valence electrons. The number of benzene rings is 1. The molecule has 2 N–H and O–H groups in total. The minimum atomic E-state index is -0.0261. The first-order valence-corrected chi connectivity index (χ1v) is 10.2. The van der Waals surface area contributed by atoms with Gasteiger partial charge in [-0.2, -0.15) is 0 Å². The molecular formula is C21H33N3O2. The molecule has 1 saturated carbocycles. The molecule has 1 atom stereocenters. The number of carbonyl (C=O) groups is 1. The third kappa shape index (κ3) is 5.37. The lowest BCUT2D eigenvalue weighted by molar-refractivity contribution is 0.159. The summed E-state index contributed by atoms with van der Waals surface area (Å²) >= 11 is 0. The number of nitrogens with zero attached hydrogens (tertiary/aromatic N) is 1. The quantitative estimate of drug-likeness (QED) is 0.811. The zero-order valence-electron chi connectivity index (χ0n) is 16.0. The van der Waals surface area contributed by atoms with E-state index in [9.17, 15) is 4.79 Å². The number of likely N-dealkylation sites (tertiary alicyclic amines) is 1. The average molecular weight is 360 g/mol. The molecule has 1 aliphatic carbocycles. The van der Waals surface area contributed by atoms with Crippen molar-refractivity contribution >= 4 is 6.03 Å². The Morgan fingerprint density at radius 2 is 1.88 bits per heavy atom. The van der Waals surface area contributed by atoms with Gasteiger partial charge in [-0.3, -0.25) is 4.90 Å². The van der Waals surface area contributed by atoms with Crippen LogP contribution in [0.25, 0.3) is 0 Å². The number of methoxy groups -OCH3 is 1. The van der Waals surface area contributed by atoms with Gasteiger partial charge >= 0.3 is 6.03 Å². The Kier molecular flexibility index (Phi) is 7.18. The van der Waals surface area contributed by atoms with Crippen LogP contribution in [0.3, 0.4) is 0 Å². The summed E-state index contributed by atoms with van der Waals surface area (Å²) in [7, 11) is 1.70. The largest absolute Gasteiger partial charge is 0.497 e. The summed E-state index contributed by atoms with van der Waals surface area (Å²) in [4.78, 5) is 14.9. The van der Waals surface area contributed by atoms with Gasteiger partial charge in [0, 0.05) is 12.6 Å². The Morgan fingerprint density at radius 3 is 2.62 bits per heavy atom. The topological polar surface area (TPSA) is 53.6 Å². The number of ether oxygens (including phenoxy) is 1. The van der Waals surface area contributed by atoms with Gasteiger partial charge in [0.2, 0.25) is 0 Å². The molecule has 0 aromatic heterocycles. The predicted octanol–water partition coefficient (Wildman–Crippen LogP) is 3.85. The smallest absolute Gasteiger partial charge is 0.315 e. The van der Waals surface area contributed by atoms with Crippen LogP contribution in [0, 0.1) is 0 Å². The highest BCUT2D eigenvalue weighted by molar-refractivity contribution is 5.74. The fraction of sp³-hybridized carbons (Fsp3) is 0.667. The summed E-state index contributed by atoms with van der Waals surface area (Å²) in [5.74, 6) is 0.871. The van der Waals surface area contributed by atoms with Gasteiger partial charge in [0.1, 0.15) is 5.75 Å². The first kappa shape index (κ1) is 19.0. The van der Waals surface area contributed by atoms with Crippen molar-refractivity contribution in [2.24, 2.45) is 0 Å². The Labute approximate surface area is 157 Å². The molecule has 5 nitrogen and oxygen atoms in total. The van der Waals surface area contributed by atoms with E-state index in [1.54, 1.807) is 7.11 Å². The third-order valence-electron chi connectivity index (χ3n) is 5.71. The molecule has 0 radical (unpaired) electrons. The Balaban J connectivity index is 1.62. The van der Waals surface area contributed by atoms with Gasteiger partial charge in [-0.05, 0) is 56.5 Å². The van der Waals surface area contributed by atoms with Crippen molar-refractivity contribution < 1.29 is 9.53 Å². The van der Waals surface area contributed by atoms with Crippen molar-refractivity contribution in [3.8, 4) is 5.75 Å². The maximum Gasteiger partial charge on any atom is 0.315 e. The molecule has 26 heavy (non-hydrogen) atoms. The Morgan fingerprint density at radius 1 is 1.15 bits per heavy atom. The summed E-state index contributed by atoms with van der Waals surface area (Å²) < 4.78 is 5.40. The van der Waals surface area contributed by atoms with Crippen LogP contribution in [0.15, 0.2) is 24.3 Å². The molecule has 0 bridgehead atoms.